The Balaban J connectivity index is 4.46. The summed E-state index contributed by atoms with van der Waals surface area (Å²) in [7, 11) is 8.28. The summed E-state index contributed by atoms with van der Waals surface area (Å²) in [5.41, 5.74) is 0. The highest BCUT2D eigenvalue weighted by atomic mass is 16.6. The fraction of sp³-hybridized carbons (Fsp3) is 0.944. The van der Waals surface area contributed by atoms with Gasteiger partial charge >= 0.3 is 18.0 Å². The number of carbonyl (C=O) groups is 3. The molecule has 0 aliphatic carbocycles. The fourth-order valence-electron chi connectivity index (χ4n) is 8.32. The number of hydrogen-bond donors (Lipinski definition) is 0. The van der Waals surface area contributed by atoms with E-state index >= 15 is 0 Å². The maximum absolute atomic E-state index is 13.6. The molecule has 63 heavy (non-hydrogen) atoms. The standard InChI is InChI=1S/C54H107N3O6/c1-7-9-11-13-15-17-19-21-23-25-27-35-43-52(58)61-49-37-31-29-33-41-51(63-54(60)57(47-39-45-55(3)4)48-40-46-56(5)6)42-34-30-32-38-50-62-53(59)44-36-28-26-24-22-20-18-16-14-12-10-8-2/h51H,7-50H2,1-6H3. The molecule has 0 saturated carbocycles. The molecule has 0 spiro atoms. The van der Waals surface area contributed by atoms with Crippen LogP contribution in [0, 0.1) is 0 Å². The van der Waals surface area contributed by atoms with E-state index in [4.69, 9.17) is 14.2 Å². The molecule has 374 valence electrons. The SMILES string of the molecule is CCCCCCCCCCCCCCC(=O)OCCCCCCC(CCCCCCOC(=O)CCCCCCCCCCCCCC)OC(=O)N(CCCN(C)C)CCCN(C)C. The monoisotopic (exact) mass is 894 g/mol. The quantitative estimate of drug-likeness (QED) is 0.0339. The molecular formula is C54H107N3O6. The first-order chi connectivity index (χ1) is 30.7. The molecule has 0 aliphatic rings. The molecule has 0 aromatic rings. The maximum Gasteiger partial charge on any atom is 0.410 e. The van der Waals surface area contributed by atoms with Crippen LogP contribution in [-0.4, -0.2) is 106 Å². The predicted octanol–water partition coefficient (Wildman–Crippen LogP) is 14.9. The Bertz CT molecular complexity index is 927. The lowest BCUT2D eigenvalue weighted by Gasteiger charge is -2.27. The first kappa shape index (κ1) is 61.1. The Kier molecular flexibility index (Phi) is 46.6. The molecule has 9 heteroatoms. The third-order valence-electron chi connectivity index (χ3n) is 12.4. The van der Waals surface area contributed by atoms with Crippen molar-refractivity contribution in [2.24, 2.45) is 0 Å². The third-order valence-corrected chi connectivity index (χ3v) is 12.4. The lowest BCUT2D eigenvalue weighted by atomic mass is 10.0. The summed E-state index contributed by atoms with van der Waals surface area (Å²) < 4.78 is 17.4. The first-order valence-corrected chi connectivity index (χ1v) is 27.3. The van der Waals surface area contributed by atoms with Crippen LogP contribution < -0.4 is 0 Å². The number of ether oxygens (including phenoxy) is 3. The molecule has 0 heterocycles. The Hall–Kier alpha value is -1.87. The summed E-state index contributed by atoms with van der Waals surface area (Å²) in [6.45, 7) is 8.81. The Morgan fingerprint density at radius 1 is 0.365 bits per heavy atom. The molecule has 0 bridgehead atoms. The molecular weight excluding hydrogens is 787 g/mol. The normalized spacial score (nSPS) is 11.6. The van der Waals surface area contributed by atoms with Crippen molar-refractivity contribution < 1.29 is 28.6 Å². The number of carbonyl (C=O) groups excluding carboxylic acids is 3. The summed E-state index contributed by atoms with van der Waals surface area (Å²) in [4.78, 5) is 44.4. The summed E-state index contributed by atoms with van der Waals surface area (Å²) >= 11 is 0. The van der Waals surface area contributed by atoms with Gasteiger partial charge in [-0.2, -0.15) is 0 Å². The van der Waals surface area contributed by atoms with Gasteiger partial charge in [0.1, 0.15) is 6.10 Å². The molecule has 0 radical (unpaired) electrons. The third kappa shape index (κ3) is 46.5. The van der Waals surface area contributed by atoms with Gasteiger partial charge < -0.3 is 28.9 Å². The second-order valence-corrected chi connectivity index (χ2v) is 19.4. The van der Waals surface area contributed by atoms with Crippen molar-refractivity contribution in [2.45, 2.75) is 264 Å². The van der Waals surface area contributed by atoms with E-state index in [0.717, 1.165) is 116 Å². The number of rotatable bonds is 49. The van der Waals surface area contributed by atoms with Crippen molar-refractivity contribution in [3.63, 3.8) is 0 Å². The highest BCUT2D eigenvalue weighted by molar-refractivity contribution is 5.69. The van der Waals surface area contributed by atoms with E-state index < -0.39 is 0 Å². The van der Waals surface area contributed by atoms with Gasteiger partial charge in [-0.3, -0.25) is 9.59 Å². The van der Waals surface area contributed by atoms with Crippen LogP contribution >= 0.6 is 0 Å². The molecule has 0 fully saturated rings. The lowest BCUT2D eigenvalue weighted by molar-refractivity contribution is -0.144. The number of unbranched alkanes of at least 4 members (excludes halogenated alkanes) is 28. The summed E-state index contributed by atoms with van der Waals surface area (Å²) in [6.07, 6.45) is 43.1. The molecule has 0 saturated heterocycles. The minimum Gasteiger partial charge on any atom is -0.466 e. The van der Waals surface area contributed by atoms with Crippen molar-refractivity contribution in [1.29, 1.82) is 0 Å². The van der Waals surface area contributed by atoms with E-state index in [1.807, 2.05) is 4.90 Å². The molecule has 0 atom stereocenters. The van der Waals surface area contributed by atoms with Crippen molar-refractivity contribution in [3.05, 3.63) is 0 Å². The number of amides is 1. The Morgan fingerprint density at radius 3 is 1.00 bits per heavy atom. The molecule has 0 unspecified atom stereocenters. The molecule has 1 amide bonds. The minimum absolute atomic E-state index is 0.0530. The van der Waals surface area contributed by atoms with Gasteiger partial charge in [0.25, 0.3) is 0 Å². The van der Waals surface area contributed by atoms with Gasteiger partial charge in [0.15, 0.2) is 0 Å². The minimum atomic E-state index is -0.183. The van der Waals surface area contributed by atoms with E-state index in [1.165, 1.54) is 128 Å². The molecule has 0 aromatic heterocycles. The largest absolute Gasteiger partial charge is 0.466 e. The van der Waals surface area contributed by atoms with Crippen LogP contribution in [0.5, 0.6) is 0 Å². The fourth-order valence-corrected chi connectivity index (χ4v) is 8.32. The highest BCUT2D eigenvalue weighted by Gasteiger charge is 2.20. The zero-order valence-electron chi connectivity index (χ0n) is 43.0. The van der Waals surface area contributed by atoms with Crippen molar-refractivity contribution in [2.75, 3.05) is 67.6 Å². The summed E-state index contributed by atoms with van der Waals surface area (Å²) in [5, 5.41) is 0. The van der Waals surface area contributed by atoms with Crippen LogP contribution in [0.1, 0.15) is 258 Å². The second-order valence-electron chi connectivity index (χ2n) is 19.4. The zero-order valence-corrected chi connectivity index (χ0v) is 43.0. The Labute approximate surface area is 391 Å². The average molecular weight is 894 g/mol. The lowest BCUT2D eigenvalue weighted by Crippen LogP contribution is -2.37. The van der Waals surface area contributed by atoms with E-state index in [0.29, 0.717) is 39.1 Å². The van der Waals surface area contributed by atoms with Crippen LogP contribution in [0.3, 0.4) is 0 Å². The predicted molar refractivity (Wildman–Crippen MR) is 268 cm³/mol. The van der Waals surface area contributed by atoms with Gasteiger partial charge in [0.2, 0.25) is 0 Å². The van der Waals surface area contributed by atoms with Crippen molar-refractivity contribution in [3.8, 4) is 0 Å². The first-order valence-electron chi connectivity index (χ1n) is 27.3. The van der Waals surface area contributed by atoms with E-state index in [-0.39, 0.29) is 24.1 Å². The number of esters is 2. The Morgan fingerprint density at radius 2 is 0.667 bits per heavy atom. The second kappa shape index (κ2) is 48.1. The van der Waals surface area contributed by atoms with Gasteiger partial charge in [-0.1, -0.05) is 181 Å². The van der Waals surface area contributed by atoms with Crippen molar-refractivity contribution >= 4 is 18.0 Å². The van der Waals surface area contributed by atoms with E-state index in [2.05, 4.69) is 51.8 Å². The molecule has 0 N–H and O–H groups in total. The van der Waals surface area contributed by atoms with Crippen LogP contribution in [0.4, 0.5) is 4.79 Å². The van der Waals surface area contributed by atoms with E-state index in [9.17, 15) is 14.4 Å². The number of hydrogen-bond acceptors (Lipinski definition) is 8. The van der Waals surface area contributed by atoms with Gasteiger partial charge in [-0.15, -0.1) is 0 Å². The smallest absolute Gasteiger partial charge is 0.410 e. The van der Waals surface area contributed by atoms with Crippen molar-refractivity contribution in [1.82, 2.24) is 14.7 Å². The summed E-state index contributed by atoms with van der Waals surface area (Å²) in [6, 6.07) is 0. The van der Waals surface area contributed by atoms with Crippen LogP contribution in [-0.2, 0) is 23.8 Å². The maximum atomic E-state index is 13.6. The average Bonchev–Trinajstić information content (AvgIpc) is 3.25. The zero-order chi connectivity index (χ0) is 46.3. The van der Waals surface area contributed by atoms with Gasteiger partial charge in [-0.05, 0) is 105 Å². The molecule has 9 nitrogen and oxygen atoms in total. The van der Waals surface area contributed by atoms with Crippen LogP contribution in [0.15, 0.2) is 0 Å². The summed E-state index contributed by atoms with van der Waals surface area (Å²) in [5.74, 6) is -0.106. The van der Waals surface area contributed by atoms with E-state index in [1.54, 1.807) is 0 Å². The number of nitrogens with zero attached hydrogens (tertiary/aromatic N) is 3. The highest BCUT2D eigenvalue weighted by Crippen LogP contribution is 2.19. The van der Waals surface area contributed by atoms with Crippen LogP contribution in [0.2, 0.25) is 0 Å². The van der Waals surface area contributed by atoms with Gasteiger partial charge in [0, 0.05) is 25.9 Å². The van der Waals surface area contributed by atoms with Gasteiger partial charge in [-0.25, -0.2) is 4.79 Å². The molecule has 0 aliphatic heterocycles. The molecule has 0 rings (SSSR count). The molecule has 0 aromatic carbocycles. The topological polar surface area (TPSA) is 88.6 Å². The van der Waals surface area contributed by atoms with Gasteiger partial charge in [0.05, 0.1) is 13.2 Å². The van der Waals surface area contributed by atoms with Crippen LogP contribution in [0.25, 0.3) is 0 Å².